The Morgan fingerprint density at radius 2 is 1.48 bits per heavy atom. The zero-order chi connectivity index (χ0) is 28.5. The number of anilines is 1. The second-order valence-corrected chi connectivity index (χ2v) is 9.80. The van der Waals surface area contributed by atoms with Gasteiger partial charge in [-0.05, 0) is 35.2 Å². The highest BCUT2D eigenvalue weighted by Crippen LogP contribution is 2.44. The smallest absolute Gasteiger partial charge is 0.363 e. The van der Waals surface area contributed by atoms with Gasteiger partial charge in [0, 0.05) is 18.8 Å². The zero-order valence-corrected chi connectivity index (χ0v) is 21.1. The number of benzene rings is 3. The summed E-state index contributed by atoms with van der Waals surface area (Å²) in [4.78, 5) is 13.4. The van der Waals surface area contributed by atoms with Gasteiger partial charge in [-0.1, -0.05) is 72.8 Å². The number of Topliss-reactive ketones (excluding diaryl/α,β-unsaturated/α-hetero) is 1. The topological polar surface area (TPSA) is 46.9 Å². The molecular formula is C30H25F6N3O. The van der Waals surface area contributed by atoms with Crippen molar-refractivity contribution in [3.8, 4) is 0 Å². The van der Waals surface area contributed by atoms with Crippen molar-refractivity contribution in [2.24, 2.45) is 0 Å². The average Bonchev–Trinajstić information content (AvgIpc) is 3.37. The number of carbonyl (C=O) groups is 1. The van der Waals surface area contributed by atoms with Crippen molar-refractivity contribution >= 4 is 11.6 Å². The zero-order valence-electron chi connectivity index (χ0n) is 21.1. The number of ketones is 1. The summed E-state index contributed by atoms with van der Waals surface area (Å²) in [6.45, 7) is 0. The van der Waals surface area contributed by atoms with E-state index < -0.39 is 41.7 Å². The van der Waals surface area contributed by atoms with Crippen molar-refractivity contribution < 1.29 is 31.1 Å². The third kappa shape index (κ3) is 5.76. The molecule has 3 atom stereocenters. The number of fused-ring (bicyclic) bond motifs is 1. The molecule has 1 aliphatic rings. The lowest BCUT2D eigenvalue weighted by Gasteiger charge is -2.34. The minimum absolute atomic E-state index is 0.0122. The molecule has 208 valence electrons. The van der Waals surface area contributed by atoms with Gasteiger partial charge in [0.15, 0.2) is 11.8 Å². The van der Waals surface area contributed by atoms with Gasteiger partial charge < -0.3 is 5.32 Å². The van der Waals surface area contributed by atoms with Crippen molar-refractivity contribution in [3.63, 3.8) is 0 Å². The Labute approximate surface area is 226 Å². The SMILES string of the molecule is O=C(CCC(c1ccccc1)c1ccc(C(F)(F)F)cc1)c1cnn2c1NC(c1ccccc1)CC2C(F)(F)F. The lowest BCUT2D eigenvalue weighted by molar-refractivity contribution is -0.173. The molecule has 2 heterocycles. The second kappa shape index (κ2) is 10.8. The van der Waals surface area contributed by atoms with Crippen molar-refractivity contribution in [3.05, 3.63) is 119 Å². The van der Waals surface area contributed by atoms with E-state index in [4.69, 9.17) is 0 Å². The number of carbonyl (C=O) groups excluding carboxylic acids is 1. The number of alkyl halides is 6. The highest BCUT2D eigenvalue weighted by molar-refractivity contribution is 6.00. The monoisotopic (exact) mass is 557 g/mol. The second-order valence-electron chi connectivity index (χ2n) is 9.80. The Morgan fingerprint density at radius 1 is 0.875 bits per heavy atom. The van der Waals surface area contributed by atoms with E-state index in [0.717, 1.165) is 28.6 Å². The molecule has 0 radical (unpaired) electrons. The quantitative estimate of drug-likeness (QED) is 0.184. The first-order valence-electron chi connectivity index (χ1n) is 12.7. The summed E-state index contributed by atoms with van der Waals surface area (Å²) < 4.78 is 82.2. The summed E-state index contributed by atoms with van der Waals surface area (Å²) in [5, 5.41) is 7.03. The van der Waals surface area contributed by atoms with Crippen LogP contribution in [0.4, 0.5) is 32.2 Å². The van der Waals surface area contributed by atoms with Gasteiger partial charge in [0.2, 0.25) is 0 Å². The van der Waals surface area contributed by atoms with Gasteiger partial charge >= 0.3 is 12.4 Å². The Morgan fingerprint density at radius 3 is 2.08 bits per heavy atom. The van der Waals surface area contributed by atoms with Crippen molar-refractivity contribution in [2.75, 3.05) is 5.32 Å². The summed E-state index contributed by atoms with van der Waals surface area (Å²) in [5.74, 6) is -0.791. The molecule has 4 nitrogen and oxygen atoms in total. The first kappa shape index (κ1) is 27.5. The van der Waals surface area contributed by atoms with Crippen LogP contribution in [-0.2, 0) is 6.18 Å². The molecule has 5 rings (SSSR count). The molecule has 3 unspecified atom stereocenters. The summed E-state index contributed by atoms with van der Waals surface area (Å²) in [7, 11) is 0. The fourth-order valence-electron chi connectivity index (χ4n) is 5.20. The van der Waals surface area contributed by atoms with E-state index in [1.165, 1.54) is 12.1 Å². The number of nitrogens with one attached hydrogen (secondary N) is 1. The molecule has 0 saturated carbocycles. The molecule has 4 aromatic rings. The minimum Gasteiger partial charge on any atom is -0.363 e. The van der Waals surface area contributed by atoms with E-state index in [0.29, 0.717) is 11.1 Å². The van der Waals surface area contributed by atoms with Gasteiger partial charge in [-0.15, -0.1) is 0 Å². The molecule has 0 saturated heterocycles. The highest BCUT2D eigenvalue weighted by atomic mass is 19.4. The molecule has 0 spiro atoms. The third-order valence-electron chi connectivity index (χ3n) is 7.24. The van der Waals surface area contributed by atoms with Crippen LogP contribution in [0, 0.1) is 0 Å². The van der Waals surface area contributed by atoms with Gasteiger partial charge in [0.1, 0.15) is 5.82 Å². The van der Waals surface area contributed by atoms with Crippen molar-refractivity contribution in [1.82, 2.24) is 9.78 Å². The van der Waals surface area contributed by atoms with E-state index >= 15 is 0 Å². The number of hydrogen-bond donors (Lipinski definition) is 1. The van der Waals surface area contributed by atoms with E-state index in [1.807, 2.05) is 18.2 Å². The minimum atomic E-state index is -4.57. The molecule has 1 N–H and O–H groups in total. The number of hydrogen-bond acceptors (Lipinski definition) is 3. The van der Waals surface area contributed by atoms with E-state index in [-0.39, 0.29) is 30.6 Å². The predicted molar refractivity (Wildman–Crippen MR) is 138 cm³/mol. The molecule has 10 heteroatoms. The molecule has 3 aromatic carbocycles. The highest BCUT2D eigenvalue weighted by Gasteiger charge is 2.47. The van der Waals surface area contributed by atoms with Crippen molar-refractivity contribution in [2.45, 2.75) is 49.6 Å². The standard InChI is InChI=1S/C30H25F6N3O/c31-29(32,33)22-13-11-20(12-14-22)23(19-7-3-1-4-8-19)15-16-26(40)24-18-37-39-27(30(34,35)36)17-25(38-28(24)39)21-9-5-2-6-10-21/h1-14,18,23,25,27,38H,15-17H2. The van der Waals surface area contributed by atoms with Gasteiger partial charge in [-0.2, -0.15) is 31.4 Å². The molecule has 1 aliphatic heterocycles. The summed E-state index contributed by atoms with van der Waals surface area (Å²) in [6, 6.07) is 20.0. The maximum Gasteiger partial charge on any atom is 0.416 e. The summed E-state index contributed by atoms with van der Waals surface area (Å²) >= 11 is 0. The van der Waals surface area contributed by atoms with Gasteiger partial charge in [-0.3, -0.25) is 4.79 Å². The van der Waals surface area contributed by atoms with Crippen LogP contribution in [0.25, 0.3) is 0 Å². The van der Waals surface area contributed by atoms with Crippen LogP contribution >= 0.6 is 0 Å². The number of rotatable bonds is 7. The third-order valence-corrected chi connectivity index (χ3v) is 7.24. The molecule has 0 fully saturated rings. The largest absolute Gasteiger partial charge is 0.416 e. The maximum atomic E-state index is 14.0. The molecule has 0 aliphatic carbocycles. The Hall–Kier alpha value is -4.08. The average molecular weight is 558 g/mol. The molecule has 0 amide bonds. The predicted octanol–water partition coefficient (Wildman–Crippen LogP) is 8.36. The molecular weight excluding hydrogens is 532 g/mol. The molecule has 1 aromatic heterocycles. The Bertz CT molecular complexity index is 1450. The van der Waals surface area contributed by atoms with Crippen LogP contribution < -0.4 is 5.32 Å². The Kier molecular flexibility index (Phi) is 7.44. The summed E-state index contributed by atoms with van der Waals surface area (Å²) in [6.07, 6.45) is -7.97. The van der Waals surface area contributed by atoms with Gasteiger partial charge in [0.05, 0.1) is 23.4 Å². The number of aromatic nitrogens is 2. The van der Waals surface area contributed by atoms with E-state index in [9.17, 15) is 31.1 Å². The maximum absolute atomic E-state index is 14.0. The lowest BCUT2D eigenvalue weighted by atomic mass is 9.86. The molecule has 0 bridgehead atoms. The van der Waals surface area contributed by atoms with E-state index in [1.54, 1.807) is 42.5 Å². The fraction of sp³-hybridized carbons (Fsp3) is 0.267. The van der Waals surface area contributed by atoms with Gasteiger partial charge in [0.25, 0.3) is 0 Å². The van der Waals surface area contributed by atoms with Crippen LogP contribution in [0.1, 0.15) is 69.9 Å². The molecule has 40 heavy (non-hydrogen) atoms. The van der Waals surface area contributed by atoms with Crippen molar-refractivity contribution in [1.29, 1.82) is 0 Å². The van der Waals surface area contributed by atoms with Crippen LogP contribution in [0.3, 0.4) is 0 Å². The first-order chi connectivity index (χ1) is 19.0. The van der Waals surface area contributed by atoms with E-state index in [2.05, 4.69) is 10.4 Å². The normalized spacial score (nSPS) is 18.1. The van der Waals surface area contributed by atoms with Crippen LogP contribution in [0.2, 0.25) is 0 Å². The first-order valence-corrected chi connectivity index (χ1v) is 12.7. The van der Waals surface area contributed by atoms with Crippen LogP contribution in [0.5, 0.6) is 0 Å². The number of nitrogens with zero attached hydrogens (tertiary/aromatic N) is 2. The van der Waals surface area contributed by atoms with Crippen LogP contribution in [0.15, 0.2) is 91.1 Å². The van der Waals surface area contributed by atoms with Crippen LogP contribution in [-0.4, -0.2) is 21.7 Å². The number of halogens is 6. The van der Waals surface area contributed by atoms with Gasteiger partial charge in [-0.25, -0.2) is 4.68 Å². The lowest BCUT2D eigenvalue weighted by Crippen LogP contribution is -2.36. The fourth-order valence-corrected chi connectivity index (χ4v) is 5.20. The summed E-state index contributed by atoms with van der Waals surface area (Å²) in [5.41, 5.74) is 1.35. The Balaban J connectivity index is 1.41.